The SMILES string of the molecule is C#CC(O)C1C(C)(C)C1(C)C. The second-order valence-electron chi connectivity index (χ2n) is 4.53. The molecule has 0 radical (unpaired) electrons. The third kappa shape index (κ3) is 0.895. The zero-order valence-electron chi connectivity index (χ0n) is 7.68. The smallest absolute Gasteiger partial charge is 0.118 e. The first-order valence-corrected chi connectivity index (χ1v) is 4.00. The molecular weight excluding hydrogens is 136 g/mol. The summed E-state index contributed by atoms with van der Waals surface area (Å²) in [5.41, 5.74) is 0.386. The van der Waals surface area contributed by atoms with Crippen molar-refractivity contribution in [3.05, 3.63) is 0 Å². The van der Waals surface area contributed by atoms with E-state index in [0.717, 1.165) is 0 Å². The van der Waals surface area contributed by atoms with E-state index in [1.165, 1.54) is 0 Å². The number of terminal acetylenes is 1. The van der Waals surface area contributed by atoms with Crippen LogP contribution in [0, 0.1) is 29.1 Å². The molecular formula is C10H16O. The molecule has 0 aromatic heterocycles. The van der Waals surface area contributed by atoms with Gasteiger partial charge in [0.25, 0.3) is 0 Å². The lowest BCUT2D eigenvalue weighted by Crippen LogP contribution is -2.10. The van der Waals surface area contributed by atoms with Crippen LogP contribution in [0.15, 0.2) is 0 Å². The number of hydrogen-bond donors (Lipinski definition) is 1. The number of aliphatic hydroxyl groups excluding tert-OH is 1. The minimum atomic E-state index is -0.569. The molecule has 1 rings (SSSR count). The van der Waals surface area contributed by atoms with Crippen LogP contribution in [-0.4, -0.2) is 11.2 Å². The summed E-state index contributed by atoms with van der Waals surface area (Å²) in [6.07, 6.45) is 4.59. The first-order chi connectivity index (χ1) is 4.85. The number of hydrogen-bond acceptors (Lipinski definition) is 1. The average Bonchev–Trinajstić information content (AvgIpc) is 2.24. The molecule has 1 aliphatic carbocycles. The van der Waals surface area contributed by atoms with Crippen LogP contribution in [0.4, 0.5) is 0 Å². The van der Waals surface area contributed by atoms with Gasteiger partial charge in [0.15, 0.2) is 0 Å². The molecule has 0 aromatic rings. The molecule has 62 valence electrons. The molecule has 0 saturated heterocycles. The molecule has 1 N–H and O–H groups in total. The first kappa shape index (κ1) is 8.62. The van der Waals surface area contributed by atoms with Gasteiger partial charge in [0.05, 0.1) is 0 Å². The van der Waals surface area contributed by atoms with E-state index in [1.807, 2.05) is 0 Å². The summed E-state index contributed by atoms with van der Waals surface area (Å²) >= 11 is 0. The molecule has 0 amide bonds. The van der Waals surface area contributed by atoms with Gasteiger partial charge in [-0.1, -0.05) is 33.6 Å². The number of aliphatic hydroxyl groups is 1. The second-order valence-corrected chi connectivity index (χ2v) is 4.53. The van der Waals surface area contributed by atoms with Gasteiger partial charge in [-0.25, -0.2) is 0 Å². The second kappa shape index (κ2) is 2.01. The van der Waals surface area contributed by atoms with Gasteiger partial charge in [-0.2, -0.15) is 0 Å². The van der Waals surface area contributed by atoms with Crippen molar-refractivity contribution in [2.24, 2.45) is 16.7 Å². The summed E-state index contributed by atoms with van der Waals surface area (Å²) in [7, 11) is 0. The zero-order valence-corrected chi connectivity index (χ0v) is 7.68. The lowest BCUT2D eigenvalue weighted by Gasteiger charge is -2.03. The van der Waals surface area contributed by atoms with Crippen molar-refractivity contribution in [3.63, 3.8) is 0 Å². The van der Waals surface area contributed by atoms with Crippen LogP contribution in [-0.2, 0) is 0 Å². The zero-order chi connectivity index (χ0) is 8.86. The van der Waals surface area contributed by atoms with Crippen molar-refractivity contribution >= 4 is 0 Å². The van der Waals surface area contributed by atoms with E-state index >= 15 is 0 Å². The van der Waals surface area contributed by atoms with Crippen LogP contribution in [0.25, 0.3) is 0 Å². The summed E-state index contributed by atoms with van der Waals surface area (Å²) in [6, 6.07) is 0. The largest absolute Gasteiger partial charge is 0.380 e. The third-order valence-corrected chi connectivity index (χ3v) is 3.62. The van der Waals surface area contributed by atoms with Crippen LogP contribution >= 0.6 is 0 Å². The lowest BCUT2D eigenvalue weighted by molar-refractivity contribution is 0.185. The Hall–Kier alpha value is -0.480. The Morgan fingerprint density at radius 3 is 1.73 bits per heavy atom. The molecule has 11 heavy (non-hydrogen) atoms. The molecule has 1 aliphatic rings. The quantitative estimate of drug-likeness (QED) is 0.567. The summed E-state index contributed by atoms with van der Waals surface area (Å²) in [5, 5.41) is 9.43. The Morgan fingerprint density at radius 2 is 1.64 bits per heavy atom. The van der Waals surface area contributed by atoms with Gasteiger partial charge in [-0.15, -0.1) is 6.42 Å². The minimum Gasteiger partial charge on any atom is -0.380 e. The summed E-state index contributed by atoms with van der Waals surface area (Å²) in [5.74, 6) is 2.66. The highest BCUT2D eigenvalue weighted by atomic mass is 16.3. The van der Waals surface area contributed by atoms with E-state index in [0.29, 0.717) is 0 Å². The third-order valence-electron chi connectivity index (χ3n) is 3.62. The fraction of sp³-hybridized carbons (Fsp3) is 0.800. The summed E-state index contributed by atoms with van der Waals surface area (Å²) < 4.78 is 0. The number of rotatable bonds is 1. The molecule has 0 aromatic carbocycles. The van der Waals surface area contributed by atoms with Crippen LogP contribution < -0.4 is 0 Å². The molecule has 1 nitrogen and oxygen atoms in total. The van der Waals surface area contributed by atoms with Crippen LogP contribution in [0.5, 0.6) is 0 Å². The van der Waals surface area contributed by atoms with Gasteiger partial charge < -0.3 is 5.11 Å². The molecule has 0 bridgehead atoms. The van der Waals surface area contributed by atoms with Gasteiger partial charge in [0, 0.05) is 5.92 Å². The van der Waals surface area contributed by atoms with Gasteiger partial charge in [-0.3, -0.25) is 0 Å². The van der Waals surface area contributed by atoms with Crippen molar-refractivity contribution in [3.8, 4) is 12.3 Å². The van der Waals surface area contributed by atoms with Crippen molar-refractivity contribution in [2.45, 2.75) is 33.8 Å². The highest BCUT2D eigenvalue weighted by Gasteiger charge is 2.66. The lowest BCUT2D eigenvalue weighted by atomic mass is 10.0. The Kier molecular flexibility index (Phi) is 1.58. The van der Waals surface area contributed by atoms with Gasteiger partial charge in [0.1, 0.15) is 6.10 Å². The highest BCUT2D eigenvalue weighted by molar-refractivity contribution is 5.20. The van der Waals surface area contributed by atoms with Gasteiger partial charge in [-0.05, 0) is 10.8 Å². The Balaban J connectivity index is 2.77. The Morgan fingerprint density at radius 1 is 1.27 bits per heavy atom. The van der Waals surface area contributed by atoms with Crippen LogP contribution in [0.2, 0.25) is 0 Å². The van der Waals surface area contributed by atoms with E-state index < -0.39 is 6.10 Å². The van der Waals surface area contributed by atoms with E-state index in [4.69, 9.17) is 6.42 Å². The predicted molar refractivity (Wildman–Crippen MR) is 45.9 cm³/mol. The molecule has 1 fully saturated rings. The van der Waals surface area contributed by atoms with E-state index in [1.54, 1.807) is 0 Å². The first-order valence-electron chi connectivity index (χ1n) is 4.00. The molecule has 1 unspecified atom stereocenters. The maximum Gasteiger partial charge on any atom is 0.118 e. The van der Waals surface area contributed by atoms with Crippen LogP contribution in [0.3, 0.4) is 0 Å². The van der Waals surface area contributed by atoms with Crippen molar-refractivity contribution in [2.75, 3.05) is 0 Å². The summed E-state index contributed by atoms with van der Waals surface area (Å²) in [4.78, 5) is 0. The standard InChI is InChI=1S/C10H16O/c1-6-7(11)8-9(2,3)10(8,4)5/h1,7-8,11H,2-5H3. The fourth-order valence-electron chi connectivity index (χ4n) is 2.13. The monoisotopic (exact) mass is 152 g/mol. The van der Waals surface area contributed by atoms with Gasteiger partial charge >= 0.3 is 0 Å². The van der Waals surface area contributed by atoms with Crippen LogP contribution in [0.1, 0.15) is 27.7 Å². The van der Waals surface area contributed by atoms with Gasteiger partial charge in [0.2, 0.25) is 0 Å². The maximum atomic E-state index is 9.43. The molecule has 1 heteroatoms. The normalized spacial score (nSPS) is 29.1. The topological polar surface area (TPSA) is 20.2 Å². The summed E-state index contributed by atoms with van der Waals surface area (Å²) in [6.45, 7) is 8.60. The maximum absolute atomic E-state index is 9.43. The fourth-order valence-corrected chi connectivity index (χ4v) is 2.13. The molecule has 0 aliphatic heterocycles. The van der Waals surface area contributed by atoms with E-state index in [9.17, 15) is 5.11 Å². The molecule has 0 heterocycles. The molecule has 0 spiro atoms. The minimum absolute atomic E-state index is 0.193. The molecule has 1 saturated carbocycles. The van der Waals surface area contributed by atoms with Crippen molar-refractivity contribution < 1.29 is 5.11 Å². The Bertz CT molecular complexity index is 193. The Labute approximate surface area is 68.8 Å². The van der Waals surface area contributed by atoms with E-state index in [2.05, 4.69) is 33.6 Å². The van der Waals surface area contributed by atoms with Crippen molar-refractivity contribution in [1.29, 1.82) is 0 Å². The van der Waals surface area contributed by atoms with Crippen molar-refractivity contribution in [1.82, 2.24) is 0 Å². The van der Waals surface area contributed by atoms with E-state index in [-0.39, 0.29) is 16.7 Å². The predicted octanol–water partition coefficient (Wildman–Crippen LogP) is 1.66. The average molecular weight is 152 g/mol. The highest BCUT2D eigenvalue weighted by Crippen LogP contribution is 2.69. The molecule has 1 atom stereocenters.